The number of aryl methyl sites for hydroxylation is 1. The Kier molecular flexibility index (Phi) is 4.75. The summed E-state index contributed by atoms with van der Waals surface area (Å²) in [5.41, 5.74) is 0. The van der Waals surface area contributed by atoms with Gasteiger partial charge in [0.1, 0.15) is 11.6 Å². The van der Waals surface area contributed by atoms with Gasteiger partial charge < -0.3 is 9.88 Å². The standard InChI is InChI=1S/C14H26N4/c1-11(13-8-6-4-5-7-9-13)15-10-14-17-16-12(2)18(14)3/h11,13,15H,4-10H2,1-3H3/t11-/m1/s1. The number of nitrogens with one attached hydrogen (secondary N) is 1. The minimum Gasteiger partial charge on any atom is -0.317 e. The minimum atomic E-state index is 0.583. The molecule has 2 rings (SSSR count). The molecule has 0 spiro atoms. The summed E-state index contributed by atoms with van der Waals surface area (Å²) in [5.74, 6) is 2.85. The highest BCUT2D eigenvalue weighted by molar-refractivity contribution is 4.92. The van der Waals surface area contributed by atoms with Crippen LogP contribution in [-0.2, 0) is 13.6 Å². The van der Waals surface area contributed by atoms with E-state index in [2.05, 4.69) is 27.0 Å². The van der Waals surface area contributed by atoms with E-state index in [0.717, 1.165) is 24.1 Å². The van der Waals surface area contributed by atoms with Gasteiger partial charge in [0, 0.05) is 13.1 Å². The second-order valence-electron chi connectivity index (χ2n) is 5.64. The maximum absolute atomic E-state index is 4.20. The molecule has 1 aliphatic rings. The Hall–Kier alpha value is -0.900. The van der Waals surface area contributed by atoms with Gasteiger partial charge in [-0.2, -0.15) is 0 Å². The molecule has 0 amide bonds. The molecule has 102 valence electrons. The van der Waals surface area contributed by atoms with Crippen LogP contribution in [0.4, 0.5) is 0 Å². The van der Waals surface area contributed by atoms with E-state index in [4.69, 9.17) is 0 Å². The summed E-state index contributed by atoms with van der Waals surface area (Å²) < 4.78 is 2.06. The molecule has 0 saturated heterocycles. The molecule has 1 heterocycles. The average molecular weight is 250 g/mol. The van der Waals surface area contributed by atoms with Crippen LogP contribution in [0, 0.1) is 12.8 Å². The fraction of sp³-hybridized carbons (Fsp3) is 0.857. The van der Waals surface area contributed by atoms with Gasteiger partial charge in [0.05, 0.1) is 6.54 Å². The van der Waals surface area contributed by atoms with Crippen LogP contribution < -0.4 is 5.32 Å². The molecule has 4 heteroatoms. The molecule has 1 aliphatic carbocycles. The Morgan fingerprint density at radius 1 is 1.22 bits per heavy atom. The topological polar surface area (TPSA) is 42.7 Å². The van der Waals surface area contributed by atoms with E-state index in [0.29, 0.717) is 6.04 Å². The van der Waals surface area contributed by atoms with Crippen molar-refractivity contribution in [1.29, 1.82) is 0 Å². The van der Waals surface area contributed by atoms with Crippen LogP contribution in [0.1, 0.15) is 57.1 Å². The molecule has 18 heavy (non-hydrogen) atoms. The molecular formula is C14H26N4. The smallest absolute Gasteiger partial charge is 0.146 e. The molecule has 0 radical (unpaired) electrons. The number of hydrogen-bond acceptors (Lipinski definition) is 3. The van der Waals surface area contributed by atoms with Crippen molar-refractivity contribution in [3.63, 3.8) is 0 Å². The first-order valence-corrected chi connectivity index (χ1v) is 7.26. The first kappa shape index (κ1) is 13.5. The SMILES string of the molecule is Cc1nnc(CN[C@H](C)C2CCCCCC2)n1C. The molecule has 4 nitrogen and oxygen atoms in total. The maximum Gasteiger partial charge on any atom is 0.146 e. The van der Waals surface area contributed by atoms with Crippen molar-refractivity contribution >= 4 is 0 Å². The van der Waals surface area contributed by atoms with Crippen molar-refractivity contribution in [2.45, 2.75) is 65.0 Å². The van der Waals surface area contributed by atoms with Gasteiger partial charge in [-0.15, -0.1) is 10.2 Å². The fourth-order valence-corrected chi connectivity index (χ4v) is 2.83. The van der Waals surface area contributed by atoms with Gasteiger partial charge >= 0.3 is 0 Å². The van der Waals surface area contributed by atoms with Crippen LogP contribution in [0.15, 0.2) is 0 Å². The lowest BCUT2D eigenvalue weighted by molar-refractivity contribution is 0.333. The van der Waals surface area contributed by atoms with Crippen LogP contribution in [0.3, 0.4) is 0 Å². The van der Waals surface area contributed by atoms with Crippen LogP contribution >= 0.6 is 0 Å². The predicted molar refractivity (Wildman–Crippen MR) is 73.2 cm³/mol. The summed E-state index contributed by atoms with van der Waals surface area (Å²) in [6.07, 6.45) is 8.41. The van der Waals surface area contributed by atoms with E-state index in [1.54, 1.807) is 0 Å². The predicted octanol–water partition coefficient (Wildman–Crippen LogP) is 2.57. The van der Waals surface area contributed by atoms with E-state index >= 15 is 0 Å². The van der Waals surface area contributed by atoms with Crippen LogP contribution in [-0.4, -0.2) is 20.8 Å². The second kappa shape index (κ2) is 6.32. The zero-order valence-electron chi connectivity index (χ0n) is 11.9. The molecule has 1 atom stereocenters. The van der Waals surface area contributed by atoms with Gasteiger partial charge in [-0.1, -0.05) is 25.7 Å². The van der Waals surface area contributed by atoms with E-state index in [-0.39, 0.29) is 0 Å². The molecule has 1 saturated carbocycles. The molecule has 0 aromatic carbocycles. The largest absolute Gasteiger partial charge is 0.317 e. The van der Waals surface area contributed by atoms with Crippen LogP contribution in [0.5, 0.6) is 0 Å². The molecular weight excluding hydrogens is 224 g/mol. The van der Waals surface area contributed by atoms with Crippen molar-refractivity contribution < 1.29 is 0 Å². The quantitative estimate of drug-likeness (QED) is 0.835. The Balaban J connectivity index is 1.83. The minimum absolute atomic E-state index is 0.583. The van der Waals surface area contributed by atoms with Gasteiger partial charge in [-0.05, 0) is 32.6 Å². The highest BCUT2D eigenvalue weighted by Crippen LogP contribution is 2.25. The first-order chi connectivity index (χ1) is 8.68. The third-order valence-electron chi connectivity index (χ3n) is 4.37. The molecule has 0 bridgehead atoms. The Labute approximate surface area is 110 Å². The number of nitrogens with zero attached hydrogens (tertiary/aromatic N) is 3. The Morgan fingerprint density at radius 3 is 2.44 bits per heavy atom. The van der Waals surface area contributed by atoms with Crippen molar-refractivity contribution in [2.75, 3.05) is 0 Å². The van der Waals surface area contributed by atoms with Crippen molar-refractivity contribution in [2.24, 2.45) is 13.0 Å². The summed E-state index contributed by atoms with van der Waals surface area (Å²) in [6.45, 7) is 5.14. The van der Waals surface area contributed by atoms with Crippen molar-refractivity contribution in [3.05, 3.63) is 11.6 Å². The third kappa shape index (κ3) is 3.31. The van der Waals surface area contributed by atoms with E-state index < -0.39 is 0 Å². The van der Waals surface area contributed by atoms with Crippen molar-refractivity contribution in [1.82, 2.24) is 20.1 Å². The molecule has 1 fully saturated rings. The number of aromatic nitrogens is 3. The molecule has 1 N–H and O–H groups in total. The summed E-state index contributed by atoms with van der Waals surface area (Å²) in [4.78, 5) is 0. The molecule has 0 aliphatic heterocycles. The van der Waals surface area contributed by atoms with Gasteiger partial charge in [0.25, 0.3) is 0 Å². The van der Waals surface area contributed by atoms with Gasteiger partial charge in [0.15, 0.2) is 0 Å². The lowest BCUT2D eigenvalue weighted by Crippen LogP contribution is -2.33. The van der Waals surface area contributed by atoms with Gasteiger partial charge in [-0.25, -0.2) is 0 Å². The fourth-order valence-electron chi connectivity index (χ4n) is 2.83. The summed E-state index contributed by atoms with van der Waals surface area (Å²) >= 11 is 0. The lowest BCUT2D eigenvalue weighted by atomic mass is 9.93. The first-order valence-electron chi connectivity index (χ1n) is 7.26. The van der Waals surface area contributed by atoms with E-state index in [1.165, 1.54) is 38.5 Å². The lowest BCUT2D eigenvalue weighted by Gasteiger charge is -2.23. The van der Waals surface area contributed by atoms with E-state index in [1.807, 2.05) is 14.0 Å². The third-order valence-corrected chi connectivity index (χ3v) is 4.37. The summed E-state index contributed by atoms with van der Waals surface area (Å²) in [6, 6.07) is 0.583. The van der Waals surface area contributed by atoms with Crippen LogP contribution in [0.2, 0.25) is 0 Å². The average Bonchev–Trinajstić information content (AvgIpc) is 2.63. The highest BCUT2D eigenvalue weighted by Gasteiger charge is 2.19. The molecule has 0 unspecified atom stereocenters. The Bertz CT molecular complexity index is 364. The summed E-state index contributed by atoms with van der Waals surface area (Å²) in [7, 11) is 2.03. The second-order valence-corrected chi connectivity index (χ2v) is 5.64. The van der Waals surface area contributed by atoms with Crippen molar-refractivity contribution in [3.8, 4) is 0 Å². The zero-order valence-corrected chi connectivity index (χ0v) is 11.9. The van der Waals surface area contributed by atoms with Gasteiger partial charge in [-0.3, -0.25) is 0 Å². The van der Waals surface area contributed by atoms with E-state index in [9.17, 15) is 0 Å². The zero-order chi connectivity index (χ0) is 13.0. The summed E-state index contributed by atoms with van der Waals surface area (Å²) in [5, 5.41) is 11.9. The normalized spacial score (nSPS) is 19.7. The molecule has 1 aromatic rings. The monoisotopic (exact) mass is 250 g/mol. The highest BCUT2D eigenvalue weighted by atomic mass is 15.3. The number of rotatable bonds is 4. The van der Waals surface area contributed by atoms with Crippen LogP contribution in [0.25, 0.3) is 0 Å². The maximum atomic E-state index is 4.20. The Morgan fingerprint density at radius 2 is 1.89 bits per heavy atom. The van der Waals surface area contributed by atoms with Gasteiger partial charge in [0.2, 0.25) is 0 Å². The number of hydrogen-bond donors (Lipinski definition) is 1. The molecule has 1 aromatic heterocycles.